The Hall–Kier alpha value is -3.74. The largest absolute Gasteiger partial charge is 0.349 e. The predicted molar refractivity (Wildman–Crippen MR) is 133 cm³/mol. The van der Waals surface area contributed by atoms with E-state index in [0.29, 0.717) is 10.9 Å². The summed E-state index contributed by atoms with van der Waals surface area (Å²) in [5.74, 6) is -0.0233. The van der Waals surface area contributed by atoms with Crippen LogP contribution >= 0.6 is 0 Å². The molecular weight excluding hydrogens is 426 g/mol. The zero-order valence-corrected chi connectivity index (χ0v) is 19.5. The molecule has 0 bridgehead atoms. The summed E-state index contributed by atoms with van der Waals surface area (Å²) in [5, 5.41) is 18.6. The lowest BCUT2D eigenvalue weighted by Crippen LogP contribution is -2.50. The zero-order valence-electron chi connectivity index (χ0n) is 19.5. The Morgan fingerprint density at radius 1 is 1.18 bits per heavy atom. The molecule has 2 heterocycles. The minimum atomic E-state index is -0.149. The fraction of sp³-hybridized carbons (Fsp3) is 0.333. The van der Waals surface area contributed by atoms with Gasteiger partial charge in [0.05, 0.1) is 17.3 Å². The van der Waals surface area contributed by atoms with Crippen molar-refractivity contribution in [2.24, 2.45) is 5.41 Å². The van der Waals surface area contributed by atoms with E-state index in [9.17, 15) is 9.59 Å². The van der Waals surface area contributed by atoms with E-state index in [0.717, 1.165) is 59.9 Å². The first-order valence-corrected chi connectivity index (χ1v) is 11.8. The molecule has 0 radical (unpaired) electrons. The number of rotatable bonds is 7. The fourth-order valence-corrected chi connectivity index (χ4v) is 5.30. The van der Waals surface area contributed by atoms with Crippen molar-refractivity contribution < 1.29 is 4.79 Å². The molecule has 34 heavy (non-hydrogen) atoms. The highest BCUT2D eigenvalue weighted by molar-refractivity contribution is 5.95. The van der Waals surface area contributed by atoms with Crippen molar-refractivity contribution in [2.45, 2.75) is 52.0 Å². The molecule has 0 atom stereocenters. The summed E-state index contributed by atoms with van der Waals surface area (Å²) in [7, 11) is 0. The van der Waals surface area contributed by atoms with Crippen LogP contribution in [0.4, 0.5) is 0 Å². The molecule has 2 aromatic carbocycles. The van der Waals surface area contributed by atoms with Crippen LogP contribution in [-0.2, 0) is 6.42 Å². The summed E-state index contributed by atoms with van der Waals surface area (Å²) < 4.78 is 0. The smallest absolute Gasteiger partial charge is 0.272 e. The lowest BCUT2D eigenvalue weighted by molar-refractivity contribution is 0.0571. The topological polar surface area (TPSA) is 104 Å². The van der Waals surface area contributed by atoms with Crippen molar-refractivity contribution >= 4 is 16.7 Å². The number of H-pyrrole nitrogens is 2. The van der Waals surface area contributed by atoms with Gasteiger partial charge in [0.15, 0.2) is 0 Å². The van der Waals surface area contributed by atoms with Crippen LogP contribution < -0.4 is 10.9 Å². The van der Waals surface area contributed by atoms with Gasteiger partial charge < -0.3 is 5.32 Å². The second-order valence-corrected chi connectivity index (χ2v) is 9.49. The molecular formula is C27H29N5O2. The molecule has 5 rings (SSSR count). The van der Waals surface area contributed by atoms with Crippen LogP contribution in [-0.4, -0.2) is 32.3 Å². The Labute approximate surface area is 198 Å². The number of aromatic amines is 2. The van der Waals surface area contributed by atoms with E-state index in [4.69, 9.17) is 0 Å². The Bertz CT molecular complexity index is 1380. The highest BCUT2D eigenvalue weighted by Crippen LogP contribution is 2.47. The monoisotopic (exact) mass is 455 g/mol. The molecule has 1 fully saturated rings. The predicted octanol–water partition coefficient (Wildman–Crippen LogP) is 4.54. The van der Waals surface area contributed by atoms with Crippen LogP contribution in [0.2, 0.25) is 0 Å². The number of carbonyl (C=O) groups excluding carboxylic acids is 1. The molecule has 3 N–H and O–H groups in total. The maximum Gasteiger partial charge on any atom is 0.272 e. The lowest BCUT2D eigenvalue weighted by Gasteiger charge is -2.48. The zero-order chi connectivity index (χ0) is 23.7. The van der Waals surface area contributed by atoms with E-state index in [2.05, 4.69) is 32.6 Å². The summed E-state index contributed by atoms with van der Waals surface area (Å²) in [6.07, 6.45) is 8.40. The number of nitrogens with one attached hydrogen (secondary N) is 3. The number of amides is 1. The van der Waals surface area contributed by atoms with Crippen molar-refractivity contribution in [2.75, 3.05) is 0 Å². The third kappa shape index (κ3) is 4.14. The number of fused-ring (bicyclic) bond motifs is 1. The molecule has 2 aromatic heterocycles. The van der Waals surface area contributed by atoms with Gasteiger partial charge in [0.2, 0.25) is 0 Å². The van der Waals surface area contributed by atoms with Gasteiger partial charge >= 0.3 is 0 Å². The van der Waals surface area contributed by atoms with Crippen molar-refractivity contribution in [3.63, 3.8) is 0 Å². The second kappa shape index (κ2) is 8.89. The van der Waals surface area contributed by atoms with Crippen LogP contribution in [0.25, 0.3) is 21.9 Å². The SMILES string of the molecule is CC[C@]1(CCc2n[nH]c(=O)c3ccccc23)C[C@H](NC(=O)c2ccc(-c3cn[nH]c3)c(C)c2)C1. The molecule has 1 aliphatic carbocycles. The number of hydrogen-bond donors (Lipinski definition) is 3. The molecule has 0 aliphatic heterocycles. The van der Waals surface area contributed by atoms with Crippen molar-refractivity contribution in [1.29, 1.82) is 0 Å². The van der Waals surface area contributed by atoms with Crippen molar-refractivity contribution in [3.8, 4) is 11.1 Å². The first-order chi connectivity index (χ1) is 16.5. The maximum absolute atomic E-state index is 12.9. The quantitative estimate of drug-likeness (QED) is 0.380. The van der Waals surface area contributed by atoms with E-state index in [1.54, 1.807) is 6.20 Å². The van der Waals surface area contributed by atoms with Gasteiger partial charge in [0, 0.05) is 28.8 Å². The second-order valence-electron chi connectivity index (χ2n) is 9.49. The summed E-state index contributed by atoms with van der Waals surface area (Å²) in [6.45, 7) is 4.23. The third-order valence-corrected chi connectivity index (χ3v) is 7.41. The van der Waals surface area contributed by atoms with Crippen molar-refractivity contribution in [1.82, 2.24) is 25.7 Å². The van der Waals surface area contributed by atoms with Crippen LogP contribution in [0, 0.1) is 12.3 Å². The first-order valence-electron chi connectivity index (χ1n) is 11.8. The van der Waals surface area contributed by atoms with Gasteiger partial charge in [0.25, 0.3) is 11.5 Å². The summed E-state index contributed by atoms with van der Waals surface area (Å²) in [4.78, 5) is 24.9. The number of carbonyl (C=O) groups is 1. The van der Waals surface area contributed by atoms with Gasteiger partial charge in [-0.05, 0) is 67.3 Å². The van der Waals surface area contributed by atoms with Crippen LogP contribution in [0.5, 0.6) is 0 Å². The molecule has 1 amide bonds. The van der Waals surface area contributed by atoms with Crippen molar-refractivity contribution in [3.05, 3.63) is 82.0 Å². The van der Waals surface area contributed by atoms with Gasteiger partial charge in [-0.15, -0.1) is 0 Å². The third-order valence-electron chi connectivity index (χ3n) is 7.41. The van der Waals surface area contributed by atoms with Crippen LogP contribution in [0.15, 0.2) is 59.7 Å². The molecule has 4 aromatic rings. The minimum Gasteiger partial charge on any atom is -0.349 e. The number of hydrogen-bond acceptors (Lipinski definition) is 4. The number of nitrogens with zero attached hydrogens (tertiary/aromatic N) is 2. The normalized spacial score (nSPS) is 19.6. The summed E-state index contributed by atoms with van der Waals surface area (Å²) in [5.41, 5.74) is 4.79. The van der Waals surface area contributed by atoms with E-state index in [1.807, 2.05) is 55.6 Å². The van der Waals surface area contributed by atoms with Gasteiger partial charge in [0.1, 0.15) is 0 Å². The standard InChI is InChI=1S/C27H29N5O2/c1-3-27(11-10-24-22-6-4-5-7-23(22)26(34)32-31-24)13-20(14-27)30-25(33)18-8-9-21(17(2)12-18)19-15-28-29-16-19/h4-9,12,15-16,20H,3,10-11,13-14H2,1-2H3,(H,28,29)(H,30,33)(H,32,34)/t20-,27-. The Kier molecular flexibility index (Phi) is 5.77. The van der Waals surface area contributed by atoms with Gasteiger partial charge in [-0.2, -0.15) is 10.2 Å². The molecule has 1 saturated carbocycles. The average Bonchev–Trinajstić information content (AvgIpc) is 3.36. The minimum absolute atomic E-state index is 0.0233. The summed E-state index contributed by atoms with van der Waals surface area (Å²) in [6, 6.07) is 13.6. The highest BCUT2D eigenvalue weighted by Gasteiger charge is 2.43. The lowest BCUT2D eigenvalue weighted by atomic mass is 9.61. The molecule has 1 aliphatic rings. The van der Waals surface area contributed by atoms with E-state index in [1.165, 1.54) is 0 Å². The van der Waals surface area contributed by atoms with Gasteiger partial charge in [-0.3, -0.25) is 14.7 Å². The van der Waals surface area contributed by atoms with E-state index in [-0.39, 0.29) is 22.9 Å². The Morgan fingerprint density at radius 2 is 1.97 bits per heavy atom. The first kappa shape index (κ1) is 22.1. The fourth-order valence-electron chi connectivity index (χ4n) is 5.30. The number of aromatic nitrogens is 4. The highest BCUT2D eigenvalue weighted by atomic mass is 16.1. The Morgan fingerprint density at radius 3 is 2.68 bits per heavy atom. The molecule has 7 nitrogen and oxygen atoms in total. The molecule has 0 spiro atoms. The molecule has 0 unspecified atom stereocenters. The van der Waals surface area contributed by atoms with Gasteiger partial charge in [-0.25, -0.2) is 5.10 Å². The maximum atomic E-state index is 12.9. The molecule has 0 saturated heterocycles. The summed E-state index contributed by atoms with van der Waals surface area (Å²) >= 11 is 0. The number of aryl methyl sites for hydroxylation is 2. The van der Waals surface area contributed by atoms with Gasteiger partial charge in [-0.1, -0.05) is 37.6 Å². The molecule has 7 heteroatoms. The Balaban J connectivity index is 1.21. The van der Waals surface area contributed by atoms with Crippen LogP contribution in [0.1, 0.15) is 54.2 Å². The van der Waals surface area contributed by atoms with E-state index >= 15 is 0 Å². The van der Waals surface area contributed by atoms with E-state index < -0.39 is 0 Å². The average molecular weight is 456 g/mol. The van der Waals surface area contributed by atoms with Crippen LogP contribution in [0.3, 0.4) is 0 Å². The number of benzene rings is 2. The molecule has 174 valence electrons.